The van der Waals surface area contributed by atoms with Crippen molar-refractivity contribution >= 4 is 28.8 Å². The van der Waals surface area contributed by atoms with E-state index in [9.17, 15) is 4.79 Å². The number of benzene rings is 1. The van der Waals surface area contributed by atoms with Gasteiger partial charge in [0.25, 0.3) is 0 Å². The van der Waals surface area contributed by atoms with Crippen molar-refractivity contribution in [2.45, 2.75) is 13.0 Å². The maximum atomic E-state index is 12.5. The van der Waals surface area contributed by atoms with E-state index in [1.54, 1.807) is 11.3 Å². The van der Waals surface area contributed by atoms with Crippen LogP contribution in [-0.4, -0.2) is 52.0 Å². The Bertz CT molecular complexity index is 904. The van der Waals surface area contributed by atoms with E-state index in [1.807, 2.05) is 46.0 Å². The Morgan fingerprint density at radius 2 is 2.00 bits per heavy atom. The van der Waals surface area contributed by atoms with E-state index >= 15 is 0 Å². The van der Waals surface area contributed by atoms with Gasteiger partial charge in [-0.15, -0.1) is 0 Å². The number of nitrogens with zero attached hydrogens (tertiary/aromatic N) is 4. The van der Waals surface area contributed by atoms with Crippen molar-refractivity contribution in [3.8, 4) is 11.4 Å². The van der Waals surface area contributed by atoms with Gasteiger partial charge in [0.2, 0.25) is 17.6 Å². The third-order valence-electron chi connectivity index (χ3n) is 4.63. The van der Waals surface area contributed by atoms with E-state index in [4.69, 9.17) is 16.1 Å². The highest BCUT2D eigenvalue weighted by Gasteiger charge is 2.23. The highest BCUT2D eigenvalue weighted by molar-refractivity contribution is 7.08. The first kappa shape index (κ1) is 18.2. The van der Waals surface area contributed by atoms with Crippen molar-refractivity contribution < 1.29 is 9.32 Å². The number of amides is 1. The van der Waals surface area contributed by atoms with Crippen molar-refractivity contribution in [3.05, 3.63) is 57.6 Å². The highest BCUT2D eigenvalue weighted by Crippen LogP contribution is 2.20. The van der Waals surface area contributed by atoms with Crippen molar-refractivity contribution in [2.24, 2.45) is 0 Å². The molecule has 4 rings (SSSR count). The van der Waals surface area contributed by atoms with Crippen LogP contribution in [-0.2, 0) is 17.8 Å². The highest BCUT2D eigenvalue weighted by atomic mass is 35.5. The summed E-state index contributed by atoms with van der Waals surface area (Å²) < 4.78 is 5.36. The van der Waals surface area contributed by atoms with E-state index in [2.05, 4.69) is 15.0 Å². The van der Waals surface area contributed by atoms with E-state index in [0.717, 1.165) is 24.2 Å². The Hall–Kier alpha value is -2.22. The standard InChI is InChI=1S/C19H19ClN4O2S/c20-16-4-2-1-3-14(16)11-18(25)24-8-6-23(7-9-24)12-17-21-19(22-26-17)15-5-10-27-13-15/h1-5,10,13H,6-9,11-12H2. The molecule has 0 atom stereocenters. The Balaban J connectivity index is 1.29. The molecule has 0 bridgehead atoms. The average Bonchev–Trinajstić information content (AvgIpc) is 3.36. The van der Waals surface area contributed by atoms with Crippen LogP contribution in [0.5, 0.6) is 0 Å². The second kappa shape index (κ2) is 8.21. The van der Waals surface area contributed by atoms with Crippen LogP contribution in [0.3, 0.4) is 0 Å². The van der Waals surface area contributed by atoms with Gasteiger partial charge < -0.3 is 9.42 Å². The Morgan fingerprint density at radius 3 is 2.74 bits per heavy atom. The van der Waals surface area contributed by atoms with Gasteiger partial charge in [0, 0.05) is 42.1 Å². The van der Waals surface area contributed by atoms with Crippen LogP contribution < -0.4 is 0 Å². The smallest absolute Gasteiger partial charge is 0.241 e. The minimum absolute atomic E-state index is 0.111. The summed E-state index contributed by atoms with van der Waals surface area (Å²) in [6.45, 7) is 3.54. The van der Waals surface area contributed by atoms with Gasteiger partial charge in [0.1, 0.15) is 0 Å². The lowest BCUT2D eigenvalue weighted by Gasteiger charge is -2.34. The molecule has 6 nitrogen and oxygen atoms in total. The third kappa shape index (κ3) is 4.37. The molecule has 0 spiro atoms. The number of hydrogen-bond donors (Lipinski definition) is 0. The van der Waals surface area contributed by atoms with Crippen LogP contribution in [0.1, 0.15) is 11.5 Å². The second-order valence-corrected chi connectivity index (χ2v) is 7.64. The van der Waals surface area contributed by atoms with E-state index in [-0.39, 0.29) is 5.91 Å². The summed E-state index contributed by atoms with van der Waals surface area (Å²) in [4.78, 5) is 21.1. The molecule has 0 unspecified atom stereocenters. The lowest BCUT2D eigenvalue weighted by atomic mass is 10.1. The topological polar surface area (TPSA) is 62.5 Å². The monoisotopic (exact) mass is 402 g/mol. The zero-order chi connectivity index (χ0) is 18.6. The van der Waals surface area contributed by atoms with Crippen LogP contribution in [0.15, 0.2) is 45.6 Å². The van der Waals surface area contributed by atoms with Gasteiger partial charge in [-0.05, 0) is 23.1 Å². The Labute approximate surface area is 166 Å². The Kier molecular flexibility index (Phi) is 5.52. The molecule has 27 heavy (non-hydrogen) atoms. The molecule has 1 saturated heterocycles. The van der Waals surface area contributed by atoms with Crippen molar-refractivity contribution in [1.29, 1.82) is 0 Å². The minimum atomic E-state index is 0.111. The maximum Gasteiger partial charge on any atom is 0.241 e. The zero-order valence-electron chi connectivity index (χ0n) is 14.7. The minimum Gasteiger partial charge on any atom is -0.340 e. The fourth-order valence-corrected chi connectivity index (χ4v) is 3.93. The largest absolute Gasteiger partial charge is 0.340 e. The molecular weight excluding hydrogens is 384 g/mol. The van der Waals surface area contributed by atoms with E-state index in [1.165, 1.54) is 0 Å². The fraction of sp³-hybridized carbons (Fsp3) is 0.316. The molecule has 1 aromatic carbocycles. The lowest BCUT2D eigenvalue weighted by molar-refractivity contribution is -0.132. The van der Waals surface area contributed by atoms with Gasteiger partial charge in [-0.25, -0.2) is 0 Å². The summed E-state index contributed by atoms with van der Waals surface area (Å²) in [5.74, 6) is 1.34. The summed E-state index contributed by atoms with van der Waals surface area (Å²) in [6.07, 6.45) is 0.341. The van der Waals surface area contributed by atoms with E-state index in [0.29, 0.717) is 42.8 Å². The molecule has 0 radical (unpaired) electrons. The number of aromatic nitrogens is 2. The molecule has 1 aliphatic rings. The second-order valence-electron chi connectivity index (χ2n) is 6.45. The van der Waals surface area contributed by atoms with Crippen LogP contribution in [0.4, 0.5) is 0 Å². The lowest BCUT2D eigenvalue weighted by Crippen LogP contribution is -2.48. The first-order chi connectivity index (χ1) is 13.2. The summed E-state index contributed by atoms with van der Waals surface area (Å²) >= 11 is 7.76. The van der Waals surface area contributed by atoms with Gasteiger partial charge in [0.15, 0.2) is 0 Å². The van der Waals surface area contributed by atoms with Gasteiger partial charge in [-0.1, -0.05) is 35.0 Å². The maximum absolute atomic E-state index is 12.5. The summed E-state index contributed by atoms with van der Waals surface area (Å²) in [7, 11) is 0. The molecule has 1 aliphatic heterocycles. The normalized spacial score (nSPS) is 15.2. The molecule has 2 aromatic heterocycles. The van der Waals surface area contributed by atoms with Crippen LogP contribution in [0, 0.1) is 0 Å². The van der Waals surface area contributed by atoms with Crippen LogP contribution in [0.25, 0.3) is 11.4 Å². The zero-order valence-corrected chi connectivity index (χ0v) is 16.2. The number of carbonyl (C=O) groups excluding carboxylic acids is 1. The molecule has 140 valence electrons. The number of carbonyl (C=O) groups is 1. The van der Waals surface area contributed by atoms with E-state index < -0.39 is 0 Å². The number of halogens is 1. The fourth-order valence-electron chi connectivity index (χ4n) is 3.09. The van der Waals surface area contributed by atoms with Crippen molar-refractivity contribution in [2.75, 3.05) is 26.2 Å². The van der Waals surface area contributed by atoms with Crippen LogP contribution >= 0.6 is 22.9 Å². The van der Waals surface area contributed by atoms with Gasteiger partial charge >= 0.3 is 0 Å². The first-order valence-corrected chi connectivity index (χ1v) is 10.1. The first-order valence-electron chi connectivity index (χ1n) is 8.78. The molecule has 1 amide bonds. The number of hydrogen-bond acceptors (Lipinski definition) is 6. The number of rotatable bonds is 5. The SMILES string of the molecule is O=C(Cc1ccccc1Cl)N1CCN(Cc2nc(-c3ccsc3)no2)CC1. The molecule has 3 aromatic rings. The third-order valence-corrected chi connectivity index (χ3v) is 5.68. The van der Waals surface area contributed by atoms with Gasteiger partial charge in [0.05, 0.1) is 13.0 Å². The quantitative estimate of drug-likeness (QED) is 0.655. The van der Waals surface area contributed by atoms with Crippen LogP contribution in [0.2, 0.25) is 5.02 Å². The predicted molar refractivity (Wildman–Crippen MR) is 105 cm³/mol. The average molecular weight is 403 g/mol. The van der Waals surface area contributed by atoms with Gasteiger partial charge in [-0.2, -0.15) is 16.3 Å². The molecular formula is C19H19ClN4O2S. The molecule has 0 aliphatic carbocycles. The predicted octanol–water partition coefficient (Wildman–Crippen LogP) is 3.34. The number of thiophene rings is 1. The molecule has 0 saturated carbocycles. The molecule has 8 heteroatoms. The summed E-state index contributed by atoms with van der Waals surface area (Å²) in [5.41, 5.74) is 1.85. The van der Waals surface area contributed by atoms with Crippen molar-refractivity contribution in [1.82, 2.24) is 19.9 Å². The van der Waals surface area contributed by atoms with Crippen molar-refractivity contribution in [3.63, 3.8) is 0 Å². The molecule has 3 heterocycles. The summed E-state index contributed by atoms with van der Waals surface area (Å²) in [5, 5.41) is 8.67. The summed E-state index contributed by atoms with van der Waals surface area (Å²) in [6, 6.07) is 9.47. The molecule has 1 fully saturated rings. The molecule has 0 N–H and O–H groups in total. The number of piperazine rings is 1. The van der Waals surface area contributed by atoms with Gasteiger partial charge in [-0.3, -0.25) is 9.69 Å². The Morgan fingerprint density at radius 1 is 1.19 bits per heavy atom.